The fourth-order valence-electron chi connectivity index (χ4n) is 4.20. The summed E-state index contributed by atoms with van der Waals surface area (Å²) in [4.78, 5) is 44.1. The van der Waals surface area contributed by atoms with Crippen LogP contribution in [0.5, 0.6) is 0 Å². The molecule has 28 heavy (non-hydrogen) atoms. The molecule has 150 valence electrons. The number of amides is 2. The summed E-state index contributed by atoms with van der Waals surface area (Å²) in [6.07, 6.45) is 1.07. The summed E-state index contributed by atoms with van der Waals surface area (Å²) in [7, 11) is 1.72. The van der Waals surface area contributed by atoms with Crippen molar-refractivity contribution >= 4 is 23.0 Å². The summed E-state index contributed by atoms with van der Waals surface area (Å²) in [5.74, 6) is -0.0307. The Balaban J connectivity index is 1.63. The van der Waals surface area contributed by atoms with Crippen LogP contribution in [0.1, 0.15) is 43.1 Å². The number of H-pyrrole nitrogens is 1. The highest BCUT2D eigenvalue weighted by atomic mass is 16.6. The fraction of sp³-hybridized carbons (Fsp3) is 0.550. The van der Waals surface area contributed by atoms with Crippen LogP contribution in [-0.4, -0.2) is 62.6 Å². The Morgan fingerprint density at radius 3 is 2.68 bits per heavy atom. The number of hydrogen-bond acceptors (Lipinski definition) is 4. The molecule has 2 aliphatic rings. The summed E-state index contributed by atoms with van der Waals surface area (Å²) in [5.41, 5.74) is 2.36. The van der Waals surface area contributed by atoms with E-state index in [0.717, 1.165) is 23.0 Å². The van der Waals surface area contributed by atoms with Crippen molar-refractivity contribution in [2.75, 3.05) is 19.6 Å². The number of aromatic amines is 1. The van der Waals surface area contributed by atoms with Crippen molar-refractivity contribution in [2.24, 2.45) is 7.05 Å². The lowest BCUT2D eigenvalue weighted by Gasteiger charge is -2.40. The van der Waals surface area contributed by atoms with Crippen LogP contribution in [0.25, 0.3) is 11.0 Å². The van der Waals surface area contributed by atoms with Crippen molar-refractivity contribution < 1.29 is 14.3 Å². The molecule has 1 aromatic heterocycles. The third-order valence-corrected chi connectivity index (χ3v) is 5.52. The number of carbonyl (C=O) groups is 2. The largest absolute Gasteiger partial charge is 0.444 e. The number of piperazine rings is 1. The highest BCUT2D eigenvalue weighted by Crippen LogP contribution is 2.30. The van der Waals surface area contributed by atoms with E-state index in [9.17, 15) is 14.4 Å². The van der Waals surface area contributed by atoms with Gasteiger partial charge in [0.25, 0.3) is 5.91 Å². The van der Waals surface area contributed by atoms with Gasteiger partial charge in [0.15, 0.2) is 0 Å². The number of nitrogens with one attached hydrogen (secondary N) is 1. The van der Waals surface area contributed by atoms with Crippen LogP contribution in [-0.2, 0) is 18.2 Å². The number of benzene rings is 1. The van der Waals surface area contributed by atoms with E-state index in [1.165, 1.54) is 0 Å². The molecule has 1 fully saturated rings. The molecule has 3 heterocycles. The highest BCUT2D eigenvalue weighted by Gasteiger charge is 2.37. The Bertz CT molecular complexity index is 1010. The van der Waals surface area contributed by atoms with Gasteiger partial charge in [-0.3, -0.25) is 9.36 Å². The smallest absolute Gasteiger partial charge is 0.410 e. The first kappa shape index (κ1) is 18.6. The standard InChI is InChI=1S/C20H26N4O4/c1-20(2,3)28-19(27)23-9-10-24-12(11-23)5-6-13-14(17(24)25)7-8-15-16(13)22(4)18(26)21-15/h7-8,12H,5-6,9-11H2,1-4H3,(H,21,26)/t12-/m1/s1. The van der Waals surface area contributed by atoms with Crippen LogP contribution in [0.3, 0.4) is 0 Å². The molecule has 8 heteroatoms. The third kappa shape index (κ3) is 3.06. The number of aryl methyl sites for hydroxylation is 2. The molecule has 8 nitrogen and oxygen atoms in total. The molecule has 0 radical (unpaired) electrons. The minimum atomic E-state index is -0.547. The maximum atomic E-state index is 13.2. The maximum absolute atomic E-state index is 13.2. The van der Waals surface area contributed by atoms with Crippen LogP contribution in [0.4, 0.5) is 4.79 Å². The van der Waals surface area contributed by atoms with Crippen molar-refractivity contribution in [1.29, 1.82) is 0 Å². The second-order valence-corrected chi connectivity index (χ2v) is 8.59. The van der Waals surface area contributed by atoms with Crippen LogP contribution in [0.2, 0.25) is 0 Å². The van der Waals surface area contributed by atoms with E-state index in [1.807, 2.05) is 25.7 Å². The Labute approximate surface area is 163 Å². The minimum Gasteiger partial charge on any atom is -0.444 e. The van der Waals surface area contributed by atoms with Gasteiger partial charge in [-0.15, -0.1) is 0 Å². The van der Waals surface area contributed by atoms with Crippen molar-refractivity contribution in [3.63, 3.8) is 0 Å². The van der Waals surface area contributed by atoms with E-state index in [0.29, 0.717) is 31.6 Å². The zero-order chi connectivity index (χ0) is 20.2. The molecule has 0 aliphatic carbocycles. The lowest BCUT2D eigenvalue weighted by molar-refractivity contribution is 0.00411. The monoisotopic (exact) mass is 386 g/mol. The molecule has 2 amide bonds. The van der Waals surface area contributed by atoms with Crippen molar-refractivity contribution in [3.8, 4) is 0 Å². The maximum Gasteiger partial charge on any atom is 0.410 e. The molecule has 0 spiro atoms. The highest BCUT2D eigenvalue weighted by molar-refractivity contribution is 6.00. The van der Waals surface area contributed by atoms with E-state index in [2.05, 4.69) is 4.98 Å². The Hall–Kier alpha value is -2.77. The molecule has 1 atom stereocenters. The lowest BCUT2D eigenvalue weighted by atomic mass is 10.0. The molecule has 2 aliphatic heterocycles. The lowest BCUT2D eigenvalue weighted by Crippen LogP contribution is -2.56. The van der Waals surface area contributed by atoms with E-state index >= 15 is 0 Å². The van der Waals surface area contributed by atoms with Crippen LogP contribution >= 0.6 is 0 Å². The normalized spacial score (nSPS) is 20.0. The number of hydrogen-bond donors (Lipinski definition) is 1. The summed E-state index contributed by atoms with van der Waals surface area (Å²) in [6.45, 7) is 6.94. The molecule has 0 unspecified atom stereocenters. The van der Waals surface area contributed by atoms with Gasteiger partial charge in [-0.2, -0.15) is 0 Å². The summed E-state index contributed by atoms with van der Waals surface area (Å²) in [5, 5.41) is 0. The number of ether oxygens (including phenoxy) is 1. The third-order valence-electron chi connectivity index (χ3n) is 5.52. The fourth-order valence-corrected chi connectivity index (χ4v) is 4.20. The number of nitrogens with zero attached hydrogens (tertiary/aromatic N) is 3. The topological polar surface area (TPSA) is 87.6 Å². The van der Waals surface area contributed by atoms with Gasteiger partial charge in [-0.1, -0.05) is 0 Å². The van der Waals surface area contributed by atoms with Gasteiger partial charge in [-0.25, -0.2) is 9.59 Å². The van der Waals surface area contributed by atoms with Gasteiger partial charge < -0.3 is 19.5 Å². The van der Waals surface area contributed by atoms with Crippen LogP contribution in [0, 0.1) is 0 Å². The minimum absolute atomic E-state index is 0.0307. The van der Waals surface area contributed by atoms with Crippen molar-refractivity contribution in [3.05, 3.63) is 33.7 Å². The van der Waals surface area contributed by atoms with Gasteiger partial charge >= 0.3 is 11.8 Å². The average Bonchev–Trinajstić information content (AvgIpc) is 2.83. The second kappa shape index (κ2) is 6.39. The van der Waals surface area contributed by atoms with E-state index in [1.54, 1.807) is 28.6 Å². The molecule has 1 N–H and O–H groups in total. The van der Waals surface area contributed by atoms with Gasteiger partial charge in [0.1, 0.15) is 5.60 Å². The Morgan fingerprint density at radius 1 is 1.21 bits per heavy atom. The van der Waals surface area contributed by atoms with Gasteiger partial charge in [0, 0.05) is 32.2 Å². The number of fused-ring (bicyclic) bond motifs is 4. The molecule has 4 rings (SSSR count). The zero-order valence-electron chi connectivity index (χ0n) is 16.7. The quantitative estimate of drug-likeness (QED) is 0.749. The molecule has 1 aromatic carbocycles. The predicted molar refractivity (Wildman–Crippen MR) is 104 cm³/mol. The van der Waals surface area contributed by atoms with E-state index < -0.39 is 5.60 Å². The van der Waals surface area contributed by atoms with Gasteiger partial charge in [0.05, 0.1) is 17.1 Å². The summed E-state index contributed by atoms with van der Waals surface area (Å²) >= 11 is 0. The molecular weight excluding hydrogens is 360 g/mol. The summed E-state index contributed by atoms with van der Waals surface area (Å²) in [6, 6.07) is 3.54. The average molecular weight is 386 g/mol. The first-order chi connectivity index (χ1) is 13.2. The zero-order valence-corrected chi connectivity index (χ0v) is 16.7. The van der Waals surface area contributed by atoms with Gasteiger partial charge in [-0.05, 0) is 51.3 Å². The van der Waals surface area contributed by atoms with Crippen molar-refractivity contribution in [1.82, 2.24) is 19.4 Å². The Kier molecular flexibility index (Phi) is 4.24. The molecule has 0 bridgehead atoms. The van der Waals surface area contributed by atoms with Crippen molar-refractivity contribution in [2.45, 2.75) is 45.3 Å². The summed E-state index contributed by atoms with van der Waals surface area (Å²) < 4.78 is 7.06. The van der Waals surface area contributed by atoms with Crippen LogP contribution in [0.15, 0.2) is 16.9 Å². The first-order valence-corrected chi connectivity index (χ1v) is 9.65. The SMILES string of the molecule is Cn1c(=O)[nH]c2ccc3c(c21)CC[C@@H]1CN(C(=O)OC(C)(C)C)CCN1C3=O. The molecular formula is C20H26N4O4. The van der Waals surface area contributed by atoms with E-state index in [-0.39, 0.29) is 23.7 Å². The number of rotatable bonds is 0. The number of imidazole rings is 1. The number of carbonyl (C=O) groups excluding carboxylic acids is 2. The molecule has 2 aromatic rings. The second-order valence-electron chi connectivity index (χ2n) is 8.59. The Morgan fingerprint density at radius 2 is 1.96 bits per heavy atom. The van der Waals surface area contributed by atoms with Gasteiger partial charge in [0.2, 0.25) is 0 Å². The molecule has 1 saturated heterocycles. The molecule has 0 saturated carbocycles. The predicted octanol–water partition coefficient (Wildman–Crippen LogP) is 1.87. The number of aromatic nitrogens is 2. The first-order valence-electron chi connectivity index (χ1n) is 9.65. The van der Waals surface area contributed by atoms with E-state index in [4.69, 9.17) is 4.74 Å². The van der Waals surface area contributed by atoms with Crippen LogP contribution < -0.4 is 5.69 Å².